The first kappa shape index (κ1) is 12.4. The first-order chi connectivity index (χ1) is 8.61. The standard InChI is InChI=1S/C14H15NO3/c1-2-10-3-4-12-11(9-10)7-8-15(12)13(16)5-6-14(17)18/h3-4,7-9H,2,5-6H2,1H3,(H,17,18). The van der Waals surface area contributed by atoms with Gasteiger partial charge in [-0.3, -0.25) is 14.2 Å². The molecule has 0 aliphatic heterocycles. The molecule has 18 heavy (non-hydrogen) atoms. The van der Waals surface area contributed by atoms with Gasteiger partial charge in [0, 0.05) is 18.0 Å². The van der Waals surface area contributed by atoms with Gasteiger partial charge in [0.2, 0.25) is 5.91 Å². The van der Waals surface area contributed by atoms with Crippen molar-refractivity contribution >= 4 is 22.8 Å². The van der Waals surface area contributed by atoms with Gasteiger partial charge in [0.25, 0.3) is 0 Å². The number of aliphatic carboxylic acids is 1. The molecule has 0 saturated heterocycles. The fraction of sp³-hybridized carbons (Fsp3) is 0.286. The summed E-state index contributed by atoms with van der Waals surface area (Å²) in [5, 5.41) is 9.59. The number of carbonyl (C=O) groups is 2. The lowest BCUT2D eigenvalue weighted by molar-refractivity contribution is -0.136. The lowest BCUT2D eigenvalue weighted by Crippen LogP contribution is -2.11. The van der Waals surface area contributed by atoms with Crippen LogP contribution in [0.4, 0.5) is 0 Å². The Morgan fingerprint density at radius 3 is 2.67 bits per heavy atom. The molecule has 0 radical (unpaired) electrons. The molecule has 94 valence electrons. The van der Waals surface area contributed by atoms with Crippen LogP contribution in [0.3, 0.4) is 0 Å². The SMILES string of the molecule is CCc1ccc2c(ccn2C(=O)CCC(=O)O)c1. The predicted molar refractivity (Wildman–Crippen MR) is 68.8 cm³/mol. The molecule has 1 heterocycles. The van der Waals surface area contributed by atoms with E-state index in [0.29, 0.717) is 0 Å². The molecule has 1 aromatic heterocycles. The lowest BCUT2D eigenvalue weighted by atomic mass is 10.1. The molecular formula is C14H15NO3. The van der Waals surface area contributed by atoms with Crippen LogP contribution in [0.2, 0.25) is 0 Å². The summed E-state index contributed by atoms with van der Waals surface area (Å²) in [6.07, 6.45) is 2.54. The molecule has 4 nitrogen and oxygen atoms in total. The van der Waals surface area contributed by atoms with E-state index in [9.17, 15) is 9.59 Å². The van der Waals surface area contributed by atoms with E-state index < -0.39 is 5.97 Å². The largest absolute Gasteiger partial charge is 0.481 e. The van der Waals surface area contributed by atoms with Crippen LogP contribution < -0.4 is 0 Å². The van der Waals surface area contributed by atoms with Crippen molar-refractivity contribution in [3.8, 4) is 0 Å². The molecule has 0 aliphatic rings. The zero-order valence-corrected chi connectivity index (χ0v) is 10.2. The van der Waals surface area contributed by atoms with Gasteiger partial charge in [-0.15, -0.1) is 0 Å². The number of aromatic nitrogens is 1. The molecular weight excluding hydrogens is 230 g/mol. The predicted octanol–water partition coefficient (Wildman–Crippen LogP) is 2.71. The lowest BCUT2D eigenvalue weighted by Gasteiger charge is -2.03. The molecule has 0 unspecified atom stereocenters. The number of fused-ring (bicyclic) bond motifs is 1. The van der Waals surface area contributed by atoms with Gasteiger partial charge in [-0.05, 0) is 30.2 Å². The average molecular weight is 245 g/mol. The Labute approximate surface area is 105 Å². The van der Waals surface area contributed by atoms with Gasteiger partial charge in [0.15, 0.2) is 0 Å². The quantitative estimate of drug-likeness (QED) is 0.900. The molecule has 0 aliphatic carbocycles. The molecule has 0 atom stereocenters. The second kappa shape index (κ2) is 5.04. The van der Waals surface area contributed by atoms with Gasteiger partial charge in [0.05, 0.1) is 11.9 Å². The van der Waals surface area contributed by atoms with Gasteiger partial charge >= 0.3 is 5.97 Å². The van der Waals surface area contributed by atoms with Crippen molar-refractivity contribution in [2.45, 2.75) is 26.2 Å². The number of carbonyl (C=O) groups excluding carboxylic acids is 1. The second-order valence-electron chi connectivity index (χ2n) is 4.22. The summed E-state index contributed by atoms with van der Waals surface area (Å²) < 4.78 is 1.53. The highest BCUT2D eigenvalue weighted by Crippen LogP contribution is 2.18. The van der Waals surface area contributed by atoms with Crippen LogP contribution in [0.25, 0.3) is 10.9 Å². The van der Waals surface area contributed by atoms with Crippen LogP contribution in [-0.2, 0) is 11.2 Å². The van der Waals surface area contributed by atoms with Crippen LogP contribution in [0.5, 0.6) is 0 Å². The van der Waals surface area contributed by atoms with Crippen molar-refractivity contribution in [1.29, 1.82) is 0 Å². The third kappa shape index (κ3) is 2.42. The van der Waals surface area contributed by atoms with Crippen LogP contribution in [0, 0.1) is 0 Å². The molecule has 2 aromatic rings. The maximum Gasteiger partial charge on any atom is 0.303 e. The third-order valence-electron chi connectivity index (χ3n) is 2.98. The van der Waals surface area contributed by atoms with E-state index in [-0.39, 0.29) is 18.7 Å². The van der Waals surface area contributed by atoms with Crippen molar-refractivity contribution in [2.75, 3.05) is 0 Å². The highest BCUT2D eigenvalue weighted by molar-refractivity contribution is 5.93. The summed E-state index contributed by atoms with van der Waals surface area (Å²) in [5.74, 6) is -1.13. The monoisotopic (exact) mass is 245 g/mol. The molecule has 4 heteroatoms. The normalized spacial score (nSPS) is 10.7. The van der Waals surface area contributed by atoms with Crippen LogP contribution >= 0.6 is 0 Å². The van der Waals surface area contributed by atoms with Crippen molar-refractivity contribution < 1.29 is 14.7 Å². The highest BCUT2D eigenvalue weighted by atomic mass is 16.4. The number of hydrogen-bond donors (Lipinski definition) is 1. The Morgan fingerprint density at radius 2 is 2.00 bits per heavy atom. The number of nitrogens with zero attached hydrogens (tertiary/aromatic N) is 1. The maximum absolute atomic E-state index is 11.9. The second-order valence-corrected chi connectivity index (χ2v) is 4.22. The smallest absolute Gasteiger partial charge is 0.303 e. The Balaban J connectivity index is 2.29. The first-order valence-electron chi connectivity index (χ1n) is 5.97. The minimum Gasteiger partial charge on any atom is -0.481 e. The summed E-state index contributed by atoms with van der Waals surface area (Å²) in [7, 11) is 0. The molecule has 0 spiro atoms. The zero-order valence-electron chi connectivity index (χ0n) is 10.2. The van der Waals surface area contributed by atoms with E-state index in [1.807, 2.05) is 18.2 Å². The van der Waals surface area contributed by atoms with Gasteiger partial charge in [0.1, 0.15) is 0 Å². The number of hydrogen-bond acceptors (Lipinski definition) is 2. The van der Waals surface area contributed by atoms with Crippen LogP contribution in [0.15, 0.2) is 30.5 Å². The minimum absolute atomic E-state index is 0.0225. The van der Waals surface area contributed by atoms with Gasteiger partial charge < -0.3 is 5.11 Å². The van der Waals surface area contributed by atoms with Crippen LogP contribution in [-0.4, -0.2) is 21.6 Å². The summed E-state index contributed by atoms with van der Waals surface area (Å²) in [5.41, 5.74) is 2.06. The molecule has 0 fully saturated rings. The van der Waals surface area contributed by atoms with E-state index in [1.165, 1.54) is 10.1 Å². The van der Waals surface area contributed by atoms with Crippen molar-refractivity contribution in [3.05, 3.63) is 36.0 Å². The van der Waals surface area contributed by atoms with E-state index in [1.54, 1.807) is 6.20 Å². The Morgan fingerprint density at radius 1 is 1.22 bits per heavy atom. The molecule has 1 N–H and O–H groups in total. The first-order valence-corrected chi connectivity index (χ1v) is 5.97. The fourth-order valence-electron chi connectivity index (χ4n) is 1.96. The zero-order chi connectivity index (χ0) is 13.1. The molecule has 0 saturated carbocycles. The summed E-state index contributed by atoms with van der Waals surface area (Å²) >= 11 is 0. The van der Waals surface area contributed by atoms with E-state index in [4.69, 9.17) is 5.11 Å². The van der Waals surface area contributed by atoms with Crippen molar-refractivity contribution in [1.82, 2.24) is 4.57 Å². The summed E-state index contributed by atoms with van der Waals surface area (Å²) in [6, 6.07) is 7.83. The van der Waals surface area contributed by atoms with E-state index >= 15 is 0 Å². The third-order valence-corrected chi connectivity index (χ3v) is 2.98. The molecule has 0 bridgehead atoms. The number of carboxylic acid groups (broad SMARTS) is 1. The summed E-state index contributed by atoms with van der Waals surface area (Å²) in [4.78, 5) is 22.3. The maximum atomic E-state index is 11.9. The van der Waals surface area contributed by atoms with Gasteiger partial charge in [-0.2, -0.15) is 0 Å². The minimum atomic E-state index is -0.951. The molecule has 2 rings (SSSR count). The Bertz CT molecular complexity index is 598. The Hall–Kier alpha value is -2.10. The Kier molecular flexibility index (Phi) is 3.46. The number of rotatable bonds is 4. The summed E-state index contributed by atoms with van der Waals surface area (Å²) in [6.45, 7) is 2.08. The highest BCUT2D eigenvalue weighted by Gasteiger charge is 2.10. The average Bonchev–Trinajstić information content (AvgIpc) is 2.78. The topological polar surface area (TPSA) is 59.3 Å². The fourth-order valence-corrected chi connectivity index (χ4v) is 1.96. The van der Waals surface area contributed by atoms with Crippen LogP contribution in [0.1, 0.15) is 30.1 Å². The van der Waals surface area contributed by atoms with E-state index in [0.717, 1.165) is 17.3 Å². The van der Waals surface area contributed by atoms with Crippen molar-refractivity contribution in [3.63, 3.8) is 0 Å². The molecule has 0 amide bonds. The van der Waals surface area contributed by atoms with E-state index in [2.05, 4.69) is 13.0 Å². The number of aryl methyl sites for hydroxylation is 1. The van der Waals surface area contributed by atoms with Gasteiger partial charge in [-0.1, -0.05) is 13.0 Å². The van der Waals surface area contributed by atoms with Gasteiger partial charge in [-0.25, -0.2) is 0 Å². The van der Waals surface area contributed by atoms with Crippen molar-refractivity contribution in [2.24, 2.45) is 0 Å². The molecule has 1 aromatic carbocycles. The number of benzene rings is 1. The number of carboxylic acids is 1.